The number of rotatable bonds is 48. The number of aliphatic hydroxyl groups excluding tert-OH is 14. The maximum atomic E-state index is 13.7. The van der Waals surface area contributed by atoms with Crippen LogP contribution < -0.4 is 20.7 Å². The molecular weight excluding hydrogens is 1470 g/mol. The number of carbonyl (C=O) groups is 5. The molecule has 111 heavy (non-hydrogen) atoms. The molecule has 0 aromatic heterocycles. The summed E-state index contributed by atoms with van der Waals surface area (Å²) in [6.07, 6.45) is -30.7. The van der Waals surface area contributed by atoms with Crippen molar-refractivity contribution < 1.29 is 167 Å². The molecule has 28 atom stereocenters. The van der Waals surface area contributed by atoms with Gasteiger partial charge in [0.15, 0.2) is 25.2 Å². The fourth-order valence-electron chi connectivity index (χ4n) is 13.7. The van der Waals surface area contributed by atoms with Gasteiger partial charge in [0, 0.05) is 62.9 Å². The molecule has 2 aliphatic carbocycles. The zero-order valence-electron chi connectivity index (χ0n) is 64.0. The fraction of sp³-hybridized carbons (Fsp3) is 0.851. The molecule has 37 heteroatoms. The van der Waals surface area contributed by atoms with Gasteiger partial charge >= 0.3 is 0 Å². The van der Waals surface area contributed by atoms with Gasteiger partial charge in [-0.15, -0.1) is 0 Å². The van der Waals surface area contributed by atoms with Crippen LogP contribution in [0.5, 0.6) is 5.75 Å². The lowest BCUT2D eigenvalue weighted by molar-refractivity contribution is -0.327. The zero-order valence-corrected chi connectivity index (χ0v) is 64.0. The van der Waals surface area contributed by atoms with E-state index in [1.165, 1.54) is 18.2 Å². The first-order valence-corrected chi connectivity index (χ1v) is 38.9. The predicted molar refractivity (Wildman–Crippen MR) is 383 cm³/mol. The molecule has 4 saturated heterocycles. The topological polar surface area (TPSA) is 543 Å². The molecule has 4 heterocycles. The van der Waals surface area contributed by atoms with E-state index in [9.17, 15) is 95.5 Å². The van der Waals surface area contributed by atoms with E-state index >= 15 is 0 Å². The number of aliphatic hydroxyl groups is 14. The van der Waals surface area contributed by atoms with Crippen molar-refractivity contribution >= 4 is 29.3 Å². The second-order valence-corrected chi connectivity index (χ2v) is 29.6. The Kier molecular flexibility index (Phi) is 40.9. The quantitative estimate of drug-likeness (QED) is 0.0276. The van der Waals surface area contributed by atoms with Gasteiger partial charge in [-0.3, -0.25) is 24.0 Å². The third-order valence-corrected chi connectivity index (χ3v) is 21.0. The van der Waals surface area contributed by atoms with Gasteiger partial charge in [-0.25, -0.2) is 0 Å². The molecule has 6 fully saturated rings. The summed E-state index contributed by atoms with van der Waals surface area (Å²) in [5, 5.41) is 155. The number of Topliss-reactive ketones (excluding diaryl/α,β-unsaturated/α-hetero) is 2. The van der Waals surface area contributed by atoms with Gasteiger partial charge in [0.05, 0.1) is 117 Å². The Morgan fingerprint density at radius 3 is 1.14 bits per heavy atom. The number of carbonyl (C=O) groups excluding carboxylic acids is 5. The highest BCUT2D eigenvalue weighted by Gasteiger charge is 2.51. The number of hydrogen-bond donors (Lipinski definition) is 17. The number of ketones is 2. The third-order valence-electron chi connectivity index (χ3n) is 21.0. The van der Waals surface area contributed by atoms with Gasteiger partial charge in [0.1, 0.15) is 122 Å². The first kappa shape index (κ1) is 93.8. The van der Waals surface area contributed by atoms with Crippen molar-refractivity contribution in [2.24, 2.45) is 23.7 Å². The minimum Gasteiger partial charge on any atom is -0.492 e. The van der Waals surface area contributed by atoms with Gasteiger partial charge in [0.2, 0.25) is 5.91 Å². The average molecular weight is 1600 g/mol. The summed E-state index contributed by atoms with van der Waals surface area (Å²) in [7, 11) is 0. The van der Waals surface area contributed by atoms with Crippen molar-refractivity contribution in [1.29, 1.82) is 0 Å². The van der Waals surface area contributed by atoms with E-state index in [0.29, 0.717) is 65.3 Å². The van der Waals surface area contributed by atoms with Crippen LogP contribution in [0.3, 0.4) is 0 Å². The molecule has 0 radical (unpaired) electrons. The highest BCUT2D eigenvalue weighted by atomic mass is 16.7. The lowest BCUT2D eigenvalue weighted by Crippen LogP contribution is -2.61. The van der Waals surface area contributed by atoms with Crippen LogP contribution in [0.25, 0.3) is 0 Å². The van der Waals surface area contributed by atoms with Crippen molar-refractivity contribution in [2.45, 2.75) is 259 Å². The Morgan fingerprint density at radius 1 is 0.378 bits per heavy atom. The number of ether oxygens (including phenoxy) is 15. The Labute approximate surface area is 645 Å². The summed E-state index contributed by atoms with van der Waals surface area (Å²) in [6, 6.07) is 4.02. The molecule has 0 bridgehead atoms. The smallest absolute Gasteiger partial charge is 0.251 e. The van der Waals surface area contributed by atoms with E-state index in [2.05, 4.69) is 16.0 Å². The summed E-state index contributed by atoms with van der Waals surface area (Å²) in [5.41, 5.74) is -0.0736. The van der Waals surface area contributed by atoms with Crippen molar-refractivity contribution in [3.8, 4) is 5.75 Å². The number of hydrogen-bond acceptors (Lipinski definition) is 34. The van der Waals surface area contributed by atoms with Crippen LogP contribution in [0.4, 0.5) is 0 Å². The normalized spacial score (nSPS) is 35.3. The van der Waals surface area contributed by atoms with Gasteiger partial charge in [-0.2, -0.15) is 0 Å². The fourth-order valence-corrected chi connectivity index (χ4v) is 13.7. The molecule has 638 valence electrons. The second kappa shape index (κ2) is 48.4. The molecule has 37 nitrogen and oxygen atoms in total. The first-order valence-electron chi connectivity index (χ1n) is 38.9. The molecule has 0 spiro atoms. The largest absolute Gasteiger partial charge is 0.492 e. The van der Waals surface area contributed by atoms with Gasteiger partial charge in [0.25, 0.3) is 11.8 Å². The Bertz CT molecular complexity index is 2730. The Balaban J connectivity index is 0.852. The second-order valence-electron chi connectivity index (χ2n) is 29.6. The zero-order chi connectivity index (χ0) is 80.8. The number of benzene rings is 1. The molecule has 3 amide bonds. The summed E-state index contributed by atoms with van der Waals surface area (Å²) in [6.45, 7) is 10.6. The molecule has 2 saturated carbocycles. The molecule has 1 aromatic rings. The predicted octanol–water partition coefficient (Wildman–Crippen LogP) is -4.09. The lowest BCUT2D eigenvalue weighted by atomic mass is 9.78. The molecule has 7 rings (SSSR count). The summed E-state index contributed by atoms with van der Waals surface area (Å²) < 4.78 is 86.8. The maximum absolute atomic E-state index is 13.7. The molecule has 6 aliphatic rings. The minimum atomic E-state index is -1.73. The van der Waals surface area contributed by atoms with Crippen molar-refractivity contribution in [1.82, 2.24) is 16.0 Å². The van der Waals surface area contributed by atoms with Crippen LogP contribution in [0.1, 0.15) is 132 Å². The summed E-state index contributed by atoms with van der Waals surface area (Å²) >= 11 is 0. The van der Waals surface area contributed by atoms with Crippen molar-refractivity contribution in [2.75, 3.05) is 119 Å². The van der Waals surface area contributed by atoms with E-state index in [1.54, 1.807) is 0 Å². The minimum absolute atomic E-state index is 0.0299. The summed E-state index contributed by atoms with van der Waals surface area (Å²) in [4.78, 5) is 66.3. The molecule has 1 aromatic carbocycles. The highest BCUT2D eigenvalue weighted by Crippen LogP contribution is 2.39. The molecule has 17 N–H and O–H groups in total. The van der Waals surface area contributed by atoms with E-state index in [1.807, 2.05) is 34.6 Å². The van der Waals surface area contributed by atoms with Crippen LogP contribution in [-0.4, -0.2) is 367 Å². The van der Waals surface area contributed by atoms with Crippen LogP contribution in [-0.2, 0) is 80.7 Å². The van der Waals surface area contributed by atoms with Crippen LogP contribution in [0.15, 0.2) is 18.2 Å². The Morgan fingerprint density at radius 2 is 0.739 bits per heavy atom. The number of nitrogens with one attached hydrogen (secondary N) is 3. The van der Waals surface area contributed by atoms with E-state index < -0.39 is 172 Å². The first-order chi connectivity index (χ1) is 53.1. The van der Waals surface area contributed by atoms with E-state index in [4.69, 9.17) is 71.1 Å². The van der Waals surface area contributed by atoms with Crippen molar-refractivity contribution in [3.05, 3.63) is 29.3 Å². The average Bonchev–Trinajstić information content (AvgIpc) is 0.798. The Hall–Kier alpha value is -4.35. The highest BCUT2D eigenvalue weighted by molar-refractivity contribution is 6.00. The van der Waals surface area contributed by atoms with Gasteiger partial charge < -0.3 is 158 Å². The molecule has 12 unspecified atom stereocenters. The standard InChI is InChI=1S/C74H123N3O34/c1-6-17-97-22-24-99-26-27-100-25-23-98-20-13-56(82)75-16-21-101-47-33-43(69(95)76-14-11-45(80)9-7-18-102-71-65(91)63(89)59(85)54(110-71)37-104-48-28-39(2)41(4)30-50(48)106-73-67(93)61(87)57(83)52(35-78)108-73)32-44(34-47)70(96)77-15-12-46(81)10-8-19-103-72-66(92)64(90)60(86)55(111-72)38-105-49-29-40(3)42(5)31-51(49)107-74-68(94)62(88)58(84)53(36-79)109-74/h32-34,39-42,48-55,57-68,71-74,78-79,83-94H,6-31,35-38H2,1-5H3,(H,75,82)(H,76,95)(H,77,96)/t39?,40?,41-,42-,48-,49-,50?,51?,52?,53?,54?,55?,57+,58+,59+,60+,61-,62-,63-,64-,65?,66?,67?,68?,71-,72-,73-,74-/m0/s1. The van der Waals surface area contributed by atoms with Gasteiger partial charge in [-0.1, -0.05) is 34.6 Å². The summed E-state index contributed by atoms with van der Waals surface area (Å²) in [5.74, 6) is -1.71. The van der Waals surface area contributed by atoms with Crippen LogP contribution in [0.2, 0.25) is 0 Å². The van der Waals surface area contributed by atoms with Crippen LogP contribution >= 0.6 is 0 Å². The maximum Gasteiger partial charge on any atom is 0.251 e. The van der Waals surface area contributed by atoms with Crippen LogP contribution in [0, 0.1) is 23.7 Å². The van der Waals surface area contributed by atoms with E-state index in [-0.39, 0.29) is 169 Å². The van der Waals surface area contributed by atoms with Gasteiger partial charge in [-0.05, 0) is 86.8 Å². The SMILES string of the molecule is CCCOCCOCCOCCOCCC(=O)NCCOc1cc(C(=O)NCCC(=O)CCCO[C@H]2OC(CO[C@H]3CC(C)[C@@H](C)CC3O[C@H]3OC(CO)[C@@H](O)[C@H](O)C3O)[C@@H](O)[C@H](O)C2O)cc(C(=O)NCCC(=O)CCCO[C@H]2OC(CO[C@H]3CC(C)[C@@H](C)CC3O[C@H]3OC(CO)[C@@H](O)[C@H](O)C3O)[C@@H](O)[C@H](O)C2O)c1. The molecule has 4 aliphatic heterocycles. The monoisotopic (exact) mass is 1600 g/mol. The third kappa shape index (κ3) is 29.1. The number of amides is 3. The molecular formula is C74H123N3O34. The van der Waals surface area contributed by atoms with Crippen molar-refractivity contribution in [3.63, 3.8) is 0 Å². The van der Waals surface area contributed by atoms with E-state index in [0.717, 1.165) is 6.42 Å². The lowest BCUT2D eigenvalue weighted by Gasteiger charge is -2.45.